The molecule has 3 nitrogen and oxygen atoms in total. The zero-order valence-electron chi connectivity index (χ0n) is 14.3. The fourth-order valence-electron chi connectivity index (χ4n) is 2.81. The maximum Gasteiger partial charge on any atom is 0.203 e. The van der Waals surface area contributed by atoms with E-state index in [1.807, 2.05) is 0 Å². The lowest BCUT2D eigenvalue weighted by atomic mass is 10.4. The Morgan fingerprint density at radius 1 is 0.737 bits per heavy atom. The van der Waals surface area contributed by atoms with Crippen molar-refractivity contribution in [2.24, 2.45) is 0 Å². The molecule has 0 aliphatic heterocycles. The second-order valence-electron chi connectivity index (χ2n) is 6.16. The van der Waals surface area contributed by atoms with E-state index in [2.05, 4.69) is 59.2 Å². The third kappa shape index (κ3) is 6.08. The molecule has 0 aromatic rings. The van der Waals surface area contributed by atoms with Gasteiger partial charge in [-0.2, -0.15) is 0 Å². The van der Waals surface area contributed by atoms with Crippen molar-refractivity contribution < 1.29 is 8.85 Å². The van der Waals surface area contributed by atoms with Gasteiger partial charge in [-0.15, -0.1) is 0 Å². The number of rotatable bonds is 10. The third-order valence-corrected chi connectivity index (χ3v) is 10.5. The largest absolute Gasteiger partial charge is 0.416 e. The fourth-order valence-corrected chi connectivity index (χ4v) is 8.04. The van der Waals surface area contributed by atoms with Crippen LogP contribution in [0.1, 0.15) is 40.5 Å². The average Bonchev–Trinajstić information content (AvgIpc) is 2.29. The summed E-state index contributed by atoms with van der Waals surface area (Å²) in [5.74, 6) is 0. The SMILES string of the molecule is CCO[Si](C)(C)C(CC)NC(CC)[Si](C)(C)OCC. The molecule has 0 saturated carbocycles. The summed E-state index contributed by atoms with van der Waals surface area (Å²) < 4.78 is 12.1. The zero-order valence-corrected chi connectivity index (χ0v) is 16.3. The second-order valence-corrected chi connectivity index (χ2v) is 14.5. The van der Waals surface area contributed by atoms with E-state index in [0.29, 0.717) is 11.3 Å². The molecule has 0 amide bonds. The van der Waals surface area contributed by atoms with Gasteiger partial charge in [0, 0.05) is 24.5 Å². The topological polar surface area (TPSA) is 30.5 Å². The van der Waals surface area contributed by atoms with Gasteiger partial charge in [0.15, 0.2) is 0 Å². The van der Waals surface area contributed by atoms with Gasteiger partial charge in [-0.05, 0) is 52.9 Å². The van der Waals surface area contributed by atoms with E-state index in [4.69, 9.17) is 8.85 Å². The van der Waals surface area contributed by atoms with Crippen molar-refractivity contribution in [2.45, 2.75) is 78.1 Å². The Morgan fingerprint density at radius 2 is 1.05 bits per heavy atom. The first-order valence-corrected chi connectivity index (χ1v) is 13.8. The maximum absolute atomic E-state index is 6.05. The lowest BCUT2D eigenvalue weighted by Gasteiger charge is -2.39. The molecular formula is C14H35NO2Si2. The van der Waals surface area contributed by atoms with Crippen LogP contribution in [0.2, 0.25) is 26.2 Å². The molecule has 0 aliphatic rings. The molecule has 116 valence electrons. The van der Waals surface area contributed by atoms with E-state index >= 15 is 0 Å². The Hall–Kier alpha value is 0.314. The van der Waals surface area contributed by atoms with E-state index in [-0.39, 0.29) is 0 Å². The van der Waals surface area contributed by atoms with Crippen LogP contribution in [0.15, 0.2) is 0 Å². The molecular weight excluding hydrogens is 270 g/mol. The Balaban J connectivity index is 4.82. The van der Waals surface area contributed by atoms with Gasteiger partial charge in [0.05, 0.1) is 0 Å². The highest BCUT2D eigenvalue weighted by Gasteiger charge is 2.38. The van der Waals surface area contributed by atoms with Crippen LogP contribution in [0.25, 0.3) is 0 Å². The monoisotopic (exact) mass is 305 g/mol. The quantitative estimate of drug-likeness (QED) is 0.624. The minimum absolute atomic E-state index is 0.504. The molecule has 0 radical (unpaired) electrons. The molecule has 0 saturated heterocycles. The van der Waals surface area contributed by atoms with Crippen molar-refractivity contribution in [1.29, 1.82) is 0 Å². The molecule has 0 fully saturated rings. The Bertz CT molecular complexity index is 224. The lowest BCUT2D eigenvalue weighted by Crippen LogP contribution is -2.62. The van der Waals surface area contributed by atoms with Crippen molar-refractivity contribution in [3.63, 3.8) is 0 Å². The van der Waals surface area contributed by atoms with Gasteiger partial charge < -0.3 is 14.2 Å². The summed E-state index contributed by atoms with van der Waals surface area (Å²) in [5.41, 5.74) is 1.01. The van der Waals surface area contributed by atoms with Crippen LogP contribution in [-0.2, 0) is 8.85 Å². The molecule has 19 heavy (non-hydrogen) atoms. The molecule has 1 N–H and O–H groups in total. The van der Waals surface area contributed by atoms with E-state index in [1.165, 1.54) is 0 Å². The summed E-state index contributed by atoms with van der Waals surface area (Å²) in [6.45, 7) is 19.6. The predicted octanol–water partition coefficient (Wildman–Crippen LogP) is 3.69. The van der Waals surface area contributed by atoms with Gasteiger partial charge in [0.2, 0.25) is 16.6 Å². The molecule has 0 bridgehead atoms. The molecule has 5 heteroatoms. The molecule has 0 rings (SSSR count). The van der Waals surface area contributed by atoms with Crippen molar-refractivity contribution in [1.82, 2.24) is 5.32 Å². The third-order valence-electron chi connectivity index (χ3n) is 3.93. The van der Waals surface area contributed by atoms with E-state index in [0.717, 1.165) is 26.1 Å². The molecule has 0 spiro atoms. The first-order valence-electron chi connectivity index (χ1n) is 7.79. The van der Waals surface area contributed by atoms with Crippen molar-refractivity contribution in [3.8, 4) is 0 Å². The smallest absolute Gasteiger partial charge is 0.203 e. The maximum atomic E-state index is 6.05. The van der Waals surface area contributed by atoms with Crippen LogP contribution in [-0.4, -0.2) is 41.2 Å². The van der Waals surface area contributed by atoms with Gasteiger partial charge in [-0.3, -0.25) is 0 Å². The molecule has 0 aliphatic carbocycles. The first-order chi connectivity index (χ1) is 8.75. The van der Waals surface area contributed by atoms with Gasteiger partial charge >= 0.3 is 0 Å². The van der Waals surface area contributed by atoms with Gasteiger partial charge in [-0.25, -0.2) is 0 Å². The van der Waals surface area contributed by atoms with Crippen LogP contribution in [0, 0.1) is 0 Å². The highest BCUT2D eigenvalue weighted by atomic mass is 28.4. The molecule has 2 unspecified atom stereocenters. The van der Waals surface area contributed by atoms with E-state index in [9.17, 15) is 0 Å². The summed E-state index contributed by atoms with van der Waals surface area (Å²) in [5, 5.41) is 3.88. The number of nitrogens with one attached hydrogen (secondary N) is 1. The minimum atomic E-state index is -1.66. The Kier molecular flexibility index (Phi) is 8.71. The van der Waals surface area contributed by atoms with Crippen molar-refractivity contribution in [3.05, 3.63) is 0 Å². The highest BCUT2D eigenvalue weighted by molar-refractivity contribution is 6.74. The van der Waals surface area contributed by atoms with E-state index < -0.39 is 16.6 Å². The minimum Gasteiger partial charge on any atom is -0.416 e. The Labute approximate surface area is 122 Å². The summed E-state index contributed by atoms with van der Waals surface area (Å²) in [7, 11) is -3.32. The normalized spacial score (nSPS) is 16.4. The van der Waals surface area contributed by atoms with Crippen LogP contribution >= 0.6 is 0 Å². The molecule has 0 aromatic carbocycles. The second kappa shape index (κ2) is 8.57. The summed E-state index contributed by atoms with van der Waals surface area (Å²) >= 11 is 0. The lowest BCUT2D eigenvalue weighted by molar-refractivity contribution is 0.293. The van der Waals surface area contributed by atoms with Gasteiger partial charge in [-0.1, -0.05) is 13.8 Å². The standard InChI is InChI=1S/C14H35NO2Si2/c1-9-13(18(5,6)16-11-3)15-14(10-2)19(7,8)17-12-4/h13-15H,9-12H2,1-8H3. The highest BCUT2D eigenvalue weighted by Crippen LogP contribution is 2.19. The van der Waals surface area contributed by atoms with Gasteiger partial charge in [0.25, 0.3) is 0 Å². The fraction of sp³-hybridized carbons (Fsp3) is 1.00. The molecule has 0 aromatic heterocycles. The number of hydrogen-bond acceptors (Lipinski definition) is 3. The Morgan fingerprint density at radius 3 is 1.26 bits per heavy atom. The van der Waals surface area contributed by atoms with Crippen LogP contribution in [0.5, 0.6) is 0 Å². The van der Waals surface area contributed by atoms with Crippen molar-refractivity contribution >= 4 is 16.6 Å². The van der Waals surface area contributed by atoms with E-state index in [1.54, 1.807) is 0 Å². The molecule has 0 heterocycles. The first kappa shape index (κ1) is 19.3. The summed E-state index contributed by atoms with van der Waals surface area (Å²) in [6.07, 6.45) is 2.26. The van der Waals surface area contributed by atoms with Crippen LogP contribution in [0.3, 0.4) is 0 Å². The van der Waals surface area contributed by atoms with Crippen molar-refractivity contribution in [2.75, 3.05) is 13.2 Å². The summed E-state index contributed by atoms with van der Waals surface area (Å²) in [6, 6.07) is 0. The average molecular weight is 306 g/mol. The zero-order chi connectivity index (χ0) is 15.1. The predicted molar refractivity (Wildman–Crippen MR) is 89.5 cm³/mol. The van der Waals surface area contributed by atoms with Crippen LogP contribution in [0.4, 0.5) is 0 Å². The van der Waals surface area contributed by atoms with Crippen LogP contribution < -0.4 is 5.32 Å². The van der Waals surface area contributed by atoms with Gasteiger partial charge in [0.1, 0.15) is 0 Å². The number of hydrogen-bond donors (Lipinski definition) is 1. The molecule has 2 atom stereocenters. The summed E-state index contributed by atoms with van der Waals surface area (Å²) in [4.78, 5) is 0.